The highest BCUT2D eigenvalue weighted by atomic mass is 79.9. The van der Waals surface area contributed by atoms with Gasteiger partial charge in [0.05, 0.1) is 17.9 Å². The zero-order chi connectivity index (χ0) is 31.4. The van der Waals surface area contributed by atoms with E-state index in [0.717, 1.165) is 10.0 Å². The minimum atomic E-state index is -1.72. The maximum Gasteiger partial charge on any atom is 0.333 e. The second-order valence-electron chi connectivity index (χ2n) is 13.8. The first-order valence-corrected chi connectivity index (χ1v) is 16.2. The number of imide groups is 1. The minimum Gasteiger partial charge on any atom is -0.458 e. The Bertz CT molecular complexity index is 1380. The van der Waals surface area contributed by atoms with Gasteiger partial charge in [0.1, 0.15) is 10.6 Å². The summed E-state index contributed by atoms with van der Waals surface area (Å²) in [6.07, 6.45) is 2.35. The molecule has 2 aliphatic rings. The summed E-state index contributed by atoms with van der Waals surface area (Å²) in [6.45, 7) is 17.6. The molecule has 0 N–H and O–H groups in total. The third-order valence-electron chi connectivity index (χ3n) is 7.87. The molecule has 0 bridgehead atoms. The van der Waals surface area contributed by atoms with Crippen molar-refractivity contribution in [3.8, 4) is 0 Å². The fraction of sp³-hybridized carbons (Fsp3) is 0.594. The lowest BCUT2D eigenvalue weighted by Gasteiger charge is -2.43. The summed E-state index contributed by atoms with van der Waals surface area (Å²) in [5, 5.41) is 2.29. The van der Waals surface area contributed by atoms with Crippen molar-refractivity contribution in [1.82, 2.24) is 14.8 Å². The highest BCUT2D eigenvalue weighted by molar-refractivity contribution is 9.10. The zero-order valence-electron chi connectivity index (χ0n) is 26.0. The number of carbonyl (C=O) groups is 4. The number of hydrogen-bond donors (Lipinski definition) is 0. The first-order valence-electron chi connectivity index (χ1n) is 14.6. The molecular formula is C32H42BrN3O5S. The number of thiazole rings is 1. The molecule has 0 aliphatic carbocycles. The van der Waals surface area contributed by atoms with Gasteiger partial charge in [0.2, 0.25) is 11.8 Å². The van der Waals surface area contributed by atoms with Crippen LogP contribution in [0, 0.1) is 17.8 Å². The monoisotopic (exact) mass is 659 g/mol. The standard InChI is InChI=1S/C32H42BrN3O5S/c1-10-14-35-27(38)22-23(28(35)39)32(17-18(2)3,29(40)41-31(7,8)9)36(24(22)25-34-13-15-42-25)26(37)19-11-12-20(21(33)16-19)30(4,5)6/h11-13,15-16,18,22-24H,10,14,17H2,1-9H3/t22-,23?,24+,32-/m0/s1. The Morgan fingerprint density at radius 1 is 1.12 bits per heavy atom. The number of nitrogens with zero attached hydrogens (tertiary/aromatic N) is 3. The summed E-state index contributed by atoms with van der Waals surface area (Å²) >= 11 is 4.96. The van der Waals surface area contributed by atoms with Crippen LogP contribution in [0.1, 0.15) is 102 Å². The summed E-state index contributed by atoms with van der Waals surface area (Å²) in [6, 6.07) is 4.51. The third kappa shape index (κ3) is 5.56. The molecule has 0 spiro atoms. The molecule has 4 atom stereocenters. The molecule has 2 aromatic rings. The van der Waals surface area contributed by atoms with E-state index in [-0.39, 0.29) is 30.2 Å². The van der Waals surface area contributed by atoms with Crippen LogP contribution in [-0.4, -0.2) is 56.2 Å². The predicted octanol–water partition coefficient (Wildman–Crippen LogP) is 6.54. The van der Waals surface area contributed by atoms with E-state index in [2.05, 4.69) is 41.7 Å². The van der Waals surface area contributed by atoms with Crippen LogP contribution in [0.15, 0.2) is 34.2 Å². The highest BCUT2D eigenvalue weighted by Crippen LogP contribution is 2.58. The Kier molecular flexibility index (Phi) is 8.84. The average Bonchev–Trinajstić information content (AvgIpc) is 3.54. The second-order valence-corrected chi connectivity index (χ2v) is 15.6. The molecule has 228 valence electrons. The minimum absolute atomic E-state index is 0.110. The van der Waals surface area contributed by atoms with Gasteiger partial charge in [0.25, 0.3) is 5.91 Å². The number of fused-ring (bicyclic) bond motifs is 1. The molecule has 1 aromatic carbocycles. The number of carbonyl (C=O) groups excluding carboxylic acids is 4. The molecule has 1 aromatic heterocycles. The molecule has 2 saturated heterocycles. The quantitative estimate of drug-likeness (QED) is 0.247. The van der Waals surface area contributed by atoms with Gasteiger partial charge in [-0.3, -0.25) is 19.3 Å². The van der Waals surface area contributed by atoms with Gasteiger partial charge in [0, 0.05) is 28.2 Å². The van der Waals surface area contributed by atoms with Crippen LogP contribution in [-0.2, 0) is 24.5 Å². The van der Waals surface area contributed by atoms with Crippen molar-refractivity contribution in [1.29, 1.82) is 0 Å². The van der Waals surface area contributed by atoms with Crippen molar-refractivity contribution in [3.63, 3.8) is 0 Å². The van der Waals surface area contributed by atoms with Crippen molar-refractivity contribution in [2.75, 3.05) is 6.54 Å². The maximum absolute atomic E-state index is 14.8. The van der Waals surface area contributed by atoms with Crippen molar-refractivity contribution >= 4 is 51.0 Å². The van der Waals surface area contributed by atoms with Crippen molar-refractivity contribution < 1.29 is 23.9 Å². The molecule has 2 aliphatic heterocycles. The number of benzene rings is 1. The predicted molar refractivity (Wildman–Crippen MR) is 166 cm³/mol. The van der Waals surface area contributed by atoms with Crippen molar-refractivity contribution in [2.24, 2.45) is 17.8 Å². The molecule has 8 nitrogen and oxygen atoms in total. The molecule has 3 heterocycles. The Balaban J connectivity index is 2.03. The molecule has 42 heavy (non-hydrogen) atoms. The van der Waals surface area contributed by atoms with Crippen molar-refractivity contribution in [3.05, 3.63) is 50.4 Å². The van der Waals surface area contributed by atoms with Crippen LogP contribution in [0.25, 0.3) is 0 Å². The van der Waals surface area contributed by atoms with E-state index >= 15 is 0 Å². The van der Waals surface area contributed by atoms with E-state index in [9.17, 15) is 19.2 Å². The lowest BCUT2D eigenvalue weighted by molar-refractivity contribution is -0.173. The van der Waals surface area contributed by atoms with Gasteiger partial charge in [-0.15, -0.1) is 11.3 Å². The van der Waals surface area contributed by atoms with E-state index in [1.54, 1.807) is 44.5 Å². The number of esters is 1. The fourth-order valence-corrected chi connectivity index (χ4v) is 8.19. The SMILES string of the molecule is CCCN1C(=O)C2[C@H](C1=O)[C@H](c1nccs1)N(C(=O)c1ccc(C(C)(C)C)c(Br)c1)[C@]2(CC(C)C)C(=O)OC(C)(C)C. The lowest BCUT2D eigenvalue weighted by Crippen LogP contribution is -2.61. The number of amides is 3. The smallest absolute Gasteiger partial charge is 0.333 e. The van der Waals surface area contributed by atoms with Crippen LogP contribution >= 0.6 is 27.3 Å². The normalized spacial score (nSPS) is 24.5. The van der Waals surface area contributed by atoms with Crippen LogP contribution in [0.4, 0.5) is 0 Å². The number of likely N-dealkylation sites (tertiary alicyclic amines) is 2. The summed E-state index contributed by atoms with van der Waals surface area (Å²) in [5.74, 6) is -4.08. The number of rotatable bonds is 7. The molecule has 2 fully saturated rings. The highest BCUT2D eigenvalue weighted by Gasteiger charge is 2.74. The number of halogens is 1. The summed E-state index contributed by atoms with van der Waals surface area (Å²) in [5.41, 5.74) is -1.41. The van der Waals surface area contributed by atoms with E-state index < -0.39 is 46.8 Å². The van der Waals surface area contributed by atoms with Gasteiger partial charge < -0.3 is 9.64 Å². The van der Waals surface area contributed by atoms with Gasteiger partial charge >= 0.3 is 5.97 Å². The number of ether oxygens (including phenoxy) is 1. The molecule has 3 amide bonds. The topological polar surface area (TPSA) is 96.9 Å². The largest absolute Gasteiger partial charge is 0.458 e. The Morgan fingerprint density at radius 2 is 1.79 bits per heavy atom. The molecule has 4 rings (SSSR count). The lowest BCUT2D eigenvalue weighted by atomic mass is 9.75. The Morgan fingerprint density at radius 3 is 2.29 bits per heavy atom. The maximum atomic E-state index is 14.8. The van der Waals surface area contributed by atoms with E-state index in [1.807, 2.05) is 26.8 Å². The Labute approximate surface area is 261 Å². The third-order valence-corrected chi connectivity index (χ3v) is 9.37. The van der Waals surface area contributed by atoms with Gasteiger partial charge in [-0.2, -0.15) is 0 Å². The van der Waals surface area contributed by atoms with E-state index in [0.29, 0.717) is 17.0 Å². The molecule has 0 saturated carbocycles. The molecule has 10 heteroatoms. The van der Waals surface area contributed by atoms with Crippen LogP contribution < -0.4 is 0 Å². The second kappa shape index (κ2) is 11.5. The Hall–Kier alpha value is -2.59. The van der Waals surface area contributed by atoms with Crippen LogP contribution in [0.2, 0.25) is 0 Å². The summed E-state index contributed by atoms with van der Waals surface area (Å²) < 4.78 is 6.80. The summed E-state index contributed by atoms with van der Waals surface area (Å²) in [4.78, 5) is 65.0. The fourth-order valence-electron chi connectivity index (χ4n) is 6.44. The average molecular weight is 661 g/mol. The zero-order valence-corrected chi connectivity index (χ0v) is 28.4. The first-order chi connectivity index (χ1) is 19.5. The van der Waals surface area contributed by atoms with Gasteiger partial charge in [-0.25, -0.2) is 9.78 Å². The molecule has 0 radical (unpaired) electrons. The van der Waals surface area contributed by atoms with E-state index in [4.69, 9.17) is 4.74 Å². The van der Waals surface area contributed by atoms with Gasteiger partial charge in [0.15, 0.2) is 5.54 Å². The summed E-state index contributed by atoms with van der Waals surface area (Å²) in [7, 11) is 0. The number of aromatic nitrogens is 1. The van der Waals surface area contributed by atoms with Gasteiger partial charge in [-0.1, -0.05) is 63.5 Å². The first kappa shape index (κ1) is 32.3. The number of hydrogen-bond acceptors (Lipinski definition) is 7. The van der Waals surface area contributed by atoms with Crippen LogP contribution in [0.5, 0.6) is 0 Å². The molecular weight excluding hydrogens is 618 g/mol. The van der Waals surface area contributed by atoms with Gasteiger partial charge in [-0.05, 0) is 62.6 Å². The van der Waals surface area contributed by atoms with Crippen molar-refractivity contribution in [2.45, 2.75) is 97.8 Å². The van der Waals surface area contributed by atoms with Crippen LogP contribution in [0.3, 0.4) is 0 Å². The van der Waals surface area contributed by atoms with E-state index in [1.165, 1.54) is 21.1 Å². The molecule has 1 unspecified atom stereocenters.